The maximum atomic E-state index is 12.6. The van der Waals surface area contributed by atoms with E-state index in [9.17, 15) is 13.2 Å². The molecule has 0 bridgehead atoms. The second kappa shape index (κ2) is 5.28. The van der Waals surface area contributed by atoms with E-state index in [2.05, 4.69) is 5.10 Å². The minimum Gasteiger partial charge on any atom is -0.325 e. The Morgan fingerprint density at radius 1 is 1.20 bits per heavy atom. The largest absolute Gasteiger partial charge is 0.416 e. The predicted molar refractivity (Wildman–Crippen MR) is 70.9 cm³/mol. The van der Waals surface area contributed by atoms with Crippen LogP contribution in [0.4, 0.5) is 13.2 Å². The maximum Gasteiger partial charge on any atom is 0.416 e. The van der Waals surface area contributed by atoms with E-state index in [4.69, 9.17) is 5.73 Å². The number of hydrogen-bond acceptors (Lipinski definition) is 2. The topological polar surface area (TPSA) is 43.8 Å². The summed E-state index contributed by atoms with van der Waals surface area (Å²) < 4.78 is 39.4. The molecule has 0 saturated heterocycles. The molecule has 2 N–H and O–H groups in total. The van der Waals surface area contributed by atoms with Gasteiger partial charge in [0.05, 0.1) is 17.0 Å². The van der Waals surface area contributed by atoms with Crippen LogP contribution in [0.2, 0.25) is 0 Å². The van der Waals surface area contributed by atoms with Gasteiger partial charge in [0.25, 0.3) is 0 Å². The zero-order valence-corrected chi connectivity index (χ0v) is 11.3. The van der Waals surface area contributed by atoms with E-state index >= 15 is 0 Å². The van der Waals surface area contributed by atoms with Crippen LogP contribution in [-0.2, 0) is 12.7 Å². The normalized spacial score (nSPS) is 12.2. The van der Waals surface area contributed by atoms with Crippen LogP contribution in [0.15, 0.2) is 30.3 Å². The van der Waals surface area contributed by atoms with Gasteiger partial charge < -0.3 is 5.73 Å². The van der Waals surface area contributed by atoms with Gasteiger partial charge >= 0.3 is 6.18 Å². The van der Waals surface area contributed by atoms with Gasteiger partial charge in [0.2, 0.25) is 0 Å². The first kappa shape index (κ1) is 14.6. The zero-order chi connectivity index (χ0) is 14.9. The van der Waals surface area contributed by atoms with Crippen LogP contribution in [-0.4, -0.2) is 9.78 Å². The molecule has 1 aromatic heterocycles. The Labute approximate surface area is 115 Å². The summed E-state index contributed by atoms with van der Waals surface area (Å²) in [6.07, 6.45) is -4.32. The molecule has 1 aromatic carbocycles. The van der Waals surface area contributed by atoms with Crippen molar-refractivity contribution in [1.29, 1.82) is 0 Å². The van der Waals surface area contributed by atoms with Crippen molar-refractivity contribution in [3.8, 4) is 11.3 Å². The Morgan fingerprint density at radius 2 is 1.80 bits per heavy atom. The van der Waals surface area contributed by atoms with Crippen molar-refractivity contribution in [2.45, 2.75) is 32.6 Å². The molecule has 0 amide bonds. The highest BCUT2D eigenvalue weighted by atomic mass is 19.4. The summed E-state index contributed by atoms with van der Waals surface area (Å²) in [4.78, 5) is 0. The minimum atomic E-state index is -4.32. The number of hydrogen-bond donors (Lipinski definition) is 1. The van der Waals surface area contributed by atoms with Gasteiger partial charge in [-0.3, -0.25) is 4.68 Å². The van der Waals surface area contributed by atoms with Crippen LogP contribution in [0.5, 0.6) is 0 Å². The molecule has 0 saturated carbocycles. The number of alkyl halides is 3. The maximum absolute atomic E-state index is 12.6. The quantitative estimate of drug-likeness (QED) is 0.935. The fraction of sp³-hybridized carbons (Fsp3) is 0.357. The van der Waals surface area contributed by atoms with E-state index in [0.717, 1.165) is 17.8 Å². The Bertz CT molecular complexity index is 583. The van der Waals surface area contributed by atoms with E-state index < -0.39 is 11.7 Å². The zero-order valence-electron chi connectivity index (χ0n) is 11.3. The average molecular weight is 283 g/mol. The van der Waals surface area contributed by atoms with Gasteiger partial charge in [-0.2, -0.15) is 18.3 Å². The van der Waals surface area contributed by atoms with E-state index in [1.54, 1.807) is 4.68 Å². The smallest absolute Gasteiger partial charge is 0.325 e. The van der Waals surface area contributed by atoms with Crippen LogP contribution < -0.4 is 5.73 Å². The van der Waals surface area contributed by atoms with Gasteiger partial charge in [-0.15, -0.1) is 0 Å². The van der Waals surface area contributed by atoms with Crippen LogP contribution in [0.1, 0.15) is 31.1 Å². The van der Waals surface area contributed by atoms with E-state index in [1.807, 2.05) is 19.9 Å². The molecule has 2 aromatic rings. The van der Waals surface area contributed by atoms with Crippen molar-refractivity contribution in [3.63, 3.8) is 0 Å². The van der Waals surface area contributed by atoms with Gasteiger partial charge in [-0.05, 0) is 37.6 Å². The molecule has 0 radical (unpaired) electrons. The molecule has 0 spiro atoms. The van der Waals surface area contributed by atoms with Crippen LogP contribution in [0, 0.1) is 0 Å². The number of aromatic nitrogens is 2. The summed E-state index contributed by atoms with van der Waals surface area (Å²) >= 11 is 0. The first-order valence-electron chi connectivity index (χ1n) is 6.29. The number of rotatable bonds is 3. The Kier molecular flexibility index (Phi) is 3.85. The second-order valence-corrected chi connectivity index (χ2v) is 4.84. The van der Waals surface area contributed by atoms with Gasteiger partial charge in [-0.25, -0.2) is 0 Å². The van der Waals surface area contributed by atoms with E-state index in [-0.39, 0.29) is 6.04 Å². The predicted octanol–water partition coefficient (Wildman–Crippen LogP) is 3.61. The van der Waals surface area contributed by atoms with Crippen LogP contribution >= 0.6 is 0 Å². The molecular formula is C14H16F3N3. The highest BCUT2D eigenvalue weighted by Gasteiger charge is 2.30. The highest BCUT2D eigenvalue weighted by Crippen LogP contribution is 2.31. The van der Waals surface area contributed by atoms with E-state index in [0.29, 0.717) is 17.8 Å². The molecule has 0 fully saturated rings. The van der Waals surface area contributed by atoms with Crippen molar-refractivity contribution < 1.29 is 13.2 Å². The Morgan fingerprint density at radius 3 is 2.25 bits per heavy atom. The minimum absolute atomic E-state index is 0.104. The lowest BCUT2D eigenvalue weighted by atomic mass is 10.1. The third kappa shape index (κ3) is 2.85. The van der Waals surface area contributed by atoms with Crippen molar-refractivity contribution in [3.05, 3.63) is 41.6 Å². The third-order valence-electron chi connectivity index (χ3n) is 2.99. The van der Waals surface area contributed by atoms with Crippen molar-refractivity contribution in [2.75, 3.05) is 0 Å². The summed E-state index contributed by atoms with van der Waals surface area (Å²) in [6, 6.07) is 6.98. The standard InChI is InChI=1S/C14H16F3N3/c1-9(2)20-13(7-12(8-18)19-20)10-3-5-11(6-4-10)14(15,16)17/h3-7,9H,8,18H2,1-2H3. The molecule has 108 valence electrons. The van der Waals surface area contributed by atoms with E-state index in [1.165, 1.54) is 12.1 Å². The molecule has 0 aliphatic carbocycles. The molecule has 0 atom stereocenters. The molecule has 3 nitrogen and oxygen atoms in total. The van der Waals surface area contributed by atoms with Gasteiger partial charge in [-0.1, -0.05) is 12.1 Å². The molecule has 0 aliphatic heterocycles. The van der Waals surface area contributed by atoms with Crippen LogP contribution in [0.3, 0.4) is 0 Å². The molecule has 20 heavy (non-hydrogen) atoms. The Hall–Kier alpha value is -1.82. The Balaban J connectivity index is 2.43. The van der Waals surface area contributed by atoms with Crippen molar-refractivity contribution >= 4 is 0 Å². The number of nitrogens with zero attached hydrogens (tertiary/aromatic N) is 2. The first-order chi connectivity index (χ1) is 9.32. The lowest BCUT2D eigenvalue weighted by Gasteiger charge is -2.12. The summed E-state index contributed by atoms with van der Waals surface area (Å²) in [5.41, 5.74) is 7.09. The average Bonchev–Trinajstić information content (AvgIpc) is 2.82. The molecule has 6 heteroatoms. The van der Waals surface area contributed by atoms with Gasteiger partial charge in [0.1, 0.15) is 0 Å². The van der Waals surface area contributed by atoms with Crippen LogP contribution in [0.25, 0.3) is 11.3 Å². The van der Waals surface area contributed by atoms with Gasteiger partial charge in [0.15, 0.2) is 0 Å². The molecule has 0 unspecified atom stereocenters. The third-order valence-corrected chi connectivity index (χ3v) is 2.99. The highest BCUT2D eigenvalue weighted by molar-refractivity contribution is 5.60. The van der Waals surface area contributed by atoms with Gasteiger partial charge in [0, 0.05) is 12.6 Å². The fourth-order valence-corrected chi connectivity index (χ4v) is 1.98. The number of nitrogens with two attached hydrogens (primary N) is 1. The molecule has 0 aliphatic rings. The van der Waals surface area contributed by atoms with Crippen molar-refractivity contribution in [2.24, 2.45) is 5.73 Å². The number of benzene rings is 1. The summed E-state index contributed by atoms with van der Waals surface area (Å²) in [6.45, 7) is 4.22. The SMILES string of the molecule is CC(C)n1nc(CN)cc1-c1ccc(C(F)(F)F)cc1. The summed E-state index contributed by atoms with van der Waals surface area (Å²) in [7, 11) is 0. The molecular weight excluding hydrogens is 267 g/mol. The second-order valence-electron chi connectivity index (χ2n) is 4.84. The molecule has 2 rings (SSSR count). The van der Waals surface area contributed by atoms with Crippen molar-refractivity contribution in [1.82, 2.24) is 9.78 Å². The summed E-state index contributed by atoms with van der Waals surface area (Å²) in [5, 5.41) is 4.35. The monoisotopic (exact) mass is 283 g/mol. The molecule has 1 heterocycles. The summed E-state index contributed by atoms with van der Waals surface area (Å²) in [5.74, 6) is 0. The number of halogens is 3. The lowest BCUT2D eigenvalue weighted by molar-refractivity contribution is -0.137. The first-order valence-corrected chi connectivity index (χ1v) is 6.29. The lowest BCUT2D eigenvalue weighted by Crippen LogP contribution is -2.07. The fourth-order valence-electron chi connectivity index (χ4n) is 1.98.